The first-order valence-electron chi connectivity index (χ1n) is 5.83. The van der Waals surface area contributed by atoms with Crippen LogP contribution in [0.5, 0.6) is 0 Å². The third-order valence-electron chi connectivity index (χ3n) is 2.81. The summed E-state index contributed by atoms with van der Waals surface area (Å²) in [7, 11) is 1.63. The van der Waals surface area contributed by atoms with E-state index in [1.807, 2.05) is 13.8 Å². The van der Waals surface area contributed by atoms with E-state index in [4.69, 9.17) is 10.5 Å². The molecule has 0 heterocycles. The number of hydrogen-bond donors (Lipinski definition) is 3. The highest BCUT2D eigenvalue weighted by atomic mass is 16.5. The van der Waals surface area contributed by atoms with Gasteiger partial charge in [0, 0.05) is 25.7 Å². The molecule has 4 N–H and O–H groups in total. The van der Waals surface area contributed by atoms with Crippen LogP contribution in [-0.4, -0.2) is 44.8 Å². The molecule has 0 aromatic rings. The second-order valence-electron chi connectivity index (χ2n) is 4.02. The van der Waals surface area contributed by atoms with E-state index in [1.165, 1.54) is 0 Å². The summed E-state index contributed by atoms with van der Waals surface area (Å²) < 4.78 is 4.86. The van der Waals surface area contributed by atoms with Crippen molar-refractivity contribution < 1.29 is 9.53 Å². The van der Waals surface area contributed by atoms with Crippen LogP contribution in [-0.2, 0) is 9.53 Å². The molecule has 5 nitrogen and oxygen atoms in total. The van der Waals surface area contributed by atoms with Gasteiger partial charge in [-0.15, -0.1) is 0 Å². The maximum Gasteiger partial charge on any atom is 0.234 e. The Hall–Kier alpha value is -0.650. The fourth-order valence-electron chi connectivity index (χ4n) is 1.21. The molecule has 0 bridgehead atoms. The summed E-state index contributed by atoms with van der Waals surface area (Å²) in [4.78, 5) is 11.4. The first-order chi connectivity index (χ1) is 7.58. The SMILES string of the molecule is CCC(N)(CC)CNC(=O)CNCCOC. The van der Waals surface area contributed by atoms with Crippen LogP contribution >= 0.6 is 0 Å². The fraction of sp³-hybridized carbons (Fsp3) is 0.909. The van der Waals surface area contributed by atoms with Crippen LogP contribution in [0.1, 0.15) is 26.7 Å². The average Bonchev–Trinajstić information content (AvgIpc) is 2.31. The summed E-state index contributed by atoms with van der Waals surface area (Å²) in [6, 6.07) is 0. The normalized spacial score (nSPS) is 11.5. The molecule has 0 saturated heterocycles. The number of amides is 1. The molecule has 16 heavy (non-hydrogen) atoms. The molecule has 0 radical (unpaired) electrons. The lowest BCUT2D eigenvalue weighted by molar-refractivity contribution is -0.120. The fourth-order valence-corrected chi connectivity index (χ4v) is 1.21. The van der Waals surface area contributed by atoms with Crippen LogP contribution in [0.25, 0.3) is 0 Å². The number of nitrogens with one attached hydrogen (secondary N) is 2. The maximum absolute atomic E-state index is 11.4. The van der Waals surface area contributed by atoms with Crippen LogP contribution in [0.4, 0.5) is 0 Å². The summed E-state index contributed by atoms with van der Waals surface area (Å²) >= 11 is 0. The molecule has 1 amide bonds. The lowest BCUT2D eigenvalue weighted by Crippen LogP contribution is -2.50. The molecule has 0 saturated carbocycles. The minimum absolute atomic E-state index is 0.0205. The minimum Gasteiger partial charge on any atom is -0.383 e. The predicted octanol–water partition coefficient (Wildman–Crippen LogP) is -0.144. The van der Waals surface area contributed by atoms with Gasteiger partial charge in [-0.1, -0.05) is 13.8 Å². The van der Waals surface area contributed by atoms with Gasteiger partial charge in [0.25, 0.3) is 0 Å². The third-order valence-corrected chi connectivity index (χ3v) is 2.81. The Morgan fingerprint density at radius 2 is 2.00 bits per heavy atom. The second kappa shape index (κ2) is 8.50. The molecule has 0 fully saturated rings. The van der Waals surface area contributed by atoms with Crippen molar-refractivity contribution in [3.8, 4) is 0 Å². The van der Waals surface area contributed by atoms with Crippen LogP contribution in [0.2, 0.25) is 0 Å². The van der Waals surface area contributed by atoms with Gasteiger partial charge in [-0.05, 0) is 12.8 Å². The van der Waals surface area contributed by atoms with Crippen LogP contribution in [0.15, 0.2) is 0 Å². The minimum atomic E-state index is -0.276. The zero-order chi connectivity index (χ0) is 12.4. The van der Waals surface area contributed by atoms with E-state index >= 15 is 0 Å². The van der Waals surface area contributed by atoms with Gasteiger partial charge in [0.15, 0.2) is 0 Å². The van der Waals surface area contributed by atoms with E-state index in [1.54, 1.807) is 7.11 Å². The maximum atomic E-state index is 11.4. The lowest BCUT2D eigenvalue weighted by atomic mass is 9.94. The monoisotopic (exact) mass is 231 g/mol. The molecule has 0 atom stereocenters. The van der Waals surface area contributed by atoms with Crippen molar-refractivity contribution in [3.05, 3.63) is 0 Å². The highest BCUT2D eigenvalue weighted by molar-refractivity contribution is 5.78. The molecule has 0 aliphatic heterocycles. The highest BCUT2D eigenvalue weighted by Crippen LogP contribution is 2.08. The quantitative estimate of drug-likeness (QED) is 0.483. The molecular formula is C11H25N3O2. The molecule has 0 aromatic heterocycles. The summed E-state index contributed by atoms with van der Waals surface area (Å²) in [6.07, 6.45) is 1.72. The average molecular weight is 231 g/mol. The Bertz CT molecular complexity index is 194. The molecule has 0 unspecified atom stereocenters. The Balaban J connectivity index is 3.64. The molecule has 0 aromatic carbocycles. The Morgan fingerprint density at radius 3 is 2.50 bits per heavy atom. The number of hydrogen-bond acceptors (Lipinski definition) is 4. The Labute approximate surface area is 98.1 Å². The second-order valence-corrected chi connectivity index (χ2v) is 4.02. The van der Waals surface area contributed by atoms with Crippen molar-refractivity contribution in [1.29, 1.82) is 0 Å². The number of nitrogens with two attached hydrogens (primary N) is 1. The summed E-state index contributed by atoms with van der Waals surface area (Å²) in [5.74, 6) is -0.0205. The lowest BCUT2D eigenvalue weighted by Gasteiger charge is -2.26. The van der Waals surface area contributed by atoms with Gasteiger partial charge in [-0.25, -0.2) is 0 Å². The van der Waals surface area contributed by atoms with Gasteiger partial charge < -0.3 is 21.1 Å². The van der Waals surface area contributed by atoms with Crippen molar-refractivity contribution in [2.45, 2.75) is 32.2 Å². The molecule has 0 aliphatic rings. The van der Waals surface area contributed by atoms with Gasteiger partial charge in [-0.3, -0.25) is 4.79 Å². The predicted molar refractivity (Wildman–Crippen MR) is 65.3 cm³/mol. The van der Waals surface area contributed by atoms with Crippen LogP contribution in [0.3, 0.4) is 0 Å². The number of ether oxygens (including phenoxy) is 1. The van der Waals surface area contributed by atoms with Gasteiger partial charge >= 0.3 is 0 Å². The first-order valence-corrected chi connectivity index (χ1v) is 5.83. The van der Waals surface area contributed by atoms with E-state index in [0.717, 1.165) is 12.8 Å². The molecule has 96 valence electrons. The van der Waals surface area contributed by atoms with Crippen molar-refractivity contribution in [2.24, 2.45) is 5.73 Å². The summed E-state index contributed by atoms with van der Waals surface area (Å²) in [6.45, 7) is 6.20. The molecule has 5 heteroatoms. The Kier molecular flexibility index (Phi) is 8.15. The zero-order valence-electron chi connectivity index (χ0n) is 10.6. The first kappa shape index (κ1) is 15.3. The summed E-state index contributed by atoms with van der Waals surface area (Å²) in [5, 5.41) is 5.82. The van der Waals surface area contributed by atoms with Gasteiger partial charge in [0.05, 0.1) is 13.2 Å². The van der Waals surface area contributed by atoms with E-state index < -0.39 is 0 Å². The van der Waals surface area contributed by atoms with Crippen molar-refractivity contribution in [2.75, 3.05) is 33.4 Å². The number of carbonyl (C=O) groups excluding carboxylic acids is 1. The molecule has 0 spiro atoms. The molecule has 0 rings (SSSR count). The highest BCUT2D eigenvalue weighted by Gasteiger charge is 2.20. The Morgan fingerprint density at radius 1 is 1.38 bits per heavy atom. The largest absolute Gasteiger partial charge is 0.383 e. The standard InChI is InChI=1S/C11H25N3O2/c1-4-11(12,5-2)9-14-10(15)8-13-6-7-16-3/h13H,4-9,12H2,1-3H3,(H,14,15). The zero-order valence-corrected chi connectivity index (χ0v) is 10.6. The number of methoxy groups -OCH3 is 1. The number of carbonyl (C=O) groups is 1. The summed E-state index contributed by atoms with van der Waals surface area (Å²) in [5.41, 5.74) is 5.79. The van der Waals surface area contributed by atoms with Crippen molar-refractivity contribution in [3.63, 3.8) is 0 Å². The van der Waals surface area contributed by atoms with Crippen LogP contribution in [0, 0.1) is 0 Å². The number of rotatable bonds is 9. The molecule has 0 aliphatic carbocycles. The van der Waals surface area contributed by atoms with Gasteiger partial charge in [0.2, 0.25) is 5.91 Å². The van der Waals surface area contributed by atoms with Crippen LogP contribution < -0.4 is 16.4 Å². The van der Waals surface area contributed by atoms with Gasteiger partial charge in [-0.2, -0.15) is 0 Å². The van der Waals surface area contributed by atoms with E-state index in [0.29, 0.717) is 26.2 Å². The van der Waals surface area contributed by atoms with E-state index in [9.17, 15) is 4.79 Å². The third kappa shape index (κ3) is 6.76. The van der Waals surface area contributed by atoms with Gasteiger partial charge in [0.1, 0.15) is 0 Å². The molecular weight excluding hydrogens is 206 g/mol. The van der Waals surface area contributed by atoms with Crippen molar-refractivity contribution >= 4 is 5.91 Å². The van der Waals surface area contributed by atoms with E-state index in [-0.39, 0.29) is 11.4 Å². The topological polar surface area (TPSA) is 76.4 Å². The van der Waals surface area contributed by atoms with Crippen molar-refractivity contribution in [1.82, 2.24) is 10.6 Å². The smallest absolute Gasteiger partial charge is 0.234 e. The van der Waals surface area contributed by atoms with E-state index in [2.05, 4.69) is 10.6 Å².